The lowest BCUT2D eigenvalue weighted by molar-refractivity contribution is 0.425. The van der Waals surface area contributed by atoms with Crippen molar-refractivity contribution in [3.8, 4) is 22.3 Å². The topological polar surface area (TPSA) is 73.8 Å². The number of hydrogen-bond donors (Lipinski definition) is 3. The van der Waals surface area contributed by atoms with Gasteiger partial charge in [0.25, 0.3) is 0 Å². The van der Waals surface area contributed by atoms with Gasteiger partial charge in [-0.25, -0.2) is 4.39 Å². The third-order valence-corrected chi connectivity index (χ3v) is 6.88. The maximum atomic E-state index is 14.6. The van der Waals surface area contributed by atoms with Crippen LogP contribution in [0.1, 0.15) is 11.3 Å². The summed E-state index contributed by atoms with van der Waals surface area (Å²) in [5, 5.41) is 12.1. The fourth-order valence-corrected chi connectivity index (χ4v) is 5.00. The first kappa shape index (κ1) is 23.9. The summed E-state index contributed by atoms with van der Waals surface area (Å²) in [6, 6.07) is 13.7. The van der Waals surface area contributed by atoms with E-state index in [0.29, 0.717) is 0 Å². The first-order valence-electron chi connectivity index (χ1n) is 12.7. The number of rotatable bonds is 7. The van der Waals surface area contributed by atoms with Gasteiger partial charge in [0.05, 0.1) is 17.9 Å². The summed E-state index contributed by atoms with van der Waals surface area (Å²) < 4.78 is 16.5. The van der Waals surface area contributed by atoms with Gasteiger partial charge in [0.2, 0.25) is 0 Å². The van der Waals surface area contributed by atoms with Crippen molar-refractivity contribution < 1.29 is 4.39 Å². The molecule has 0 spiro atoms. The Morgan fingerprint density at radius 1 is 1.00 bits per heavy atom. The van der Waals surface area contributed by atoms with E-state index in [4.69, 9.17) is 0 Å². The molecule has 0 amide bonds. The van der Waals surface area contributed by atoms with E-state index < -0.39 is 0 Å². The zero-order chi connectivity index (χ0) is 26.2. The Kier molecular flexibility index (Phi) is 6.17. The molecule has 38 heavy (non-hydrogen) atoms. The number of aromatic nitrogens is 4. The molecule has 192 valence electrons. The number of anilines is 2. The average Bonchev–Trinajstić information content (AvgIpc) is 3.53. The number of halogens is 1. The number of pyridine rings is 1. The molecule has 0 unspecified atom stereocenters. The van der Waals surface area contributed by atoms with Gasteiger partial charge in [-0.15, -0.1) is 0 Å². The van der Waals surface area contributed by atoms with E-state index in [1.165, 1.54) is 6.07 Å². The summed E-state index contributed by atoms with van der Waals surface area (Å²) in [6.07, 6.45) is 9.73. The van der Waals surface area contributed by atoms with Gasteiger partial charge in [0.1, 0.15) is 5.82 Å². The van der Waals surface area contributed by atoms with E-state index in [2.05, 4.69) is 60.9 Å². The third kappa shape index (κ3) is 4.66. The van der Waals surface area contributed by atoms with Gasteiger partial charge in [0.15, 0.2) is 0 Å². The van der Waals surface area contributed by atoms with E-state index in [1.54, 1.807) is 6.07 Å². The number of H-pyrrole nitrogens is 1. The molecule has 0 saturated carbocycles. The van der Waals surface area contributed by atoms with Gasteiger partial charge in [-0.3, -0.25) is 9.67 Å². The number of likely N-dealkylation sites (N-methyl/N-ethyl adjacent to an activating group) is 1. The molecule has 1 aliphatic heterocycles. The number of aromatic amines is 1. The van der Waals surface area contributed by atoms with Crippen LogP contribution >= 0.6 is 0 Å². The van der Waals surface area contributed by atoms with E-state index in [1.807, 2.05) is 56.7 Å². The molecule has 4 heterocycles. The summed E-state index contributed by atoms with van der Waals surface area (Å²) in [7, 11) is 5.96. The number of nitrogens with zero attached hydrogens (tertiary/aromatic N) is 4. The van der Waals surface area contributed by atoms with Crippen LogP contribution < -0.4 is 10.6 Å². The van der Waals surface area contributed by atoms with Gasteiger partial charge in [0, 0.05) is 83.8 Å². The highest BCUT2D eigenvalue weighted by Gasteiger charge is 2.19. The Labute approximate surface area is 221 Å². The first-order chi connectivity index (χ1) is 18.4. The molecule has 0 saturated heterocycles. The molecule has 7 nitrogen and oxygen atoms in total. The molecule has 8 heteroatoms. The van der Waals surface area contributed by atoms with Crippen LogP contribution in [-0.2, 0) is 7.05 Å². The van der Waals surface area contributed by atoms with Crippen LogP contribution in [-0.4, -0.2) is 58.4 Å². The van der Waals surface area contributed by atoms with Crippen molar-refractivity contribution in [2.75, 3.05) is 44.4 Å². The smallest absolute Gasteiger partial charge is 0.125 e. The van der Waals surface area contributed by atoms with Crippen LogP contribution in [0.3, 0.4) is 0 Å². The lowest BCUT2D eigenvalue weighted by Gasteiger charge is -2.19. The average molecular weight is 508 g/mol. The first-order valence-corrected chi connectivity index (χ1v) is 12.7. The molecule has 0 bridgehead atoms. The molecule has 1 aliphatic rings. The Morgan fingerprint density at radius 2 is 1.89 bits per heavy atom. The third-order valence-electron chi connectivity index (χ3n) is 6.88. The molecule has 5 aromatic rings. The van der Waals surface area contributed by atoms with Crippen molar-refractivity contribution in [3.63, 3.8) is 0 Å². The quantitative estimate of drug-likeness (QED) is 0.267. The molecular weight excluding hydrogens is 477 g/mol. The second kappa shape index (κ2) is 9.79. The molecular formula is C30H30FN7. The largest absolute Gasteiger partial charge is 0.384 e. The molecule has 6 rings (SSSR count). The molecule has 2 aromatic carbocycles. The van der Waals surface area contributed by atoms with Gasteiger partial charge in [-0.05, 0) is 61.6 Å². The predicted molar refractivity (Wildman–Crippen MR) is 153 cm³/mol. The van der Waals surface area contributed by atoms with Crippen LogP contribution in [0.4, 0.5) is 15.8 Å². The molecule has 3 aromatic heterocycles. The zero-order valence-corrected chi connectivity index (χ0v) is 21.7. The minimum absolute atomic E-state index is 0.277. The van der Waals surface area contributed by atoms with E-state index >= 15 is 0 Å². The van der Waals surface area contributed by atoms with E-state index in [0.717, 1.165) is 81.0 Å². The highest BCUT2D eigenvalue weighted by molar-refractivity contribution is 5.99. The molecule has 0 aliphatic carbocycles. The Bertz CT molecular complexity index is 1660. The van der Waals surface area contributed by atoms with E-state index in [-0.39, 0.29) is 5.82 Å². The zero-order valence-electron chi connectivity index (χ0n) is 21.7. The fourth-order valence-electron chi connectivity index (χ4n) is 5.00. The highest BCUT2D eigenvalue weighted by atomic mass is 19.1. The normalized spacial score (nSPS) is 12.9. The lowest BCUT2D eigenvalue weighted by Crippen LogP contribution is -2.20. The maximum Gasteiger partial charge on any atom is 0.125 e. The summed E-state index contributed by atoms with van der Waals surface area (Å²) in [5.74, 6) is -0.277. The number of aryl methyl sites for hydroxylation is 1. The number of benzene rings is 2. The van der Waals surface area contributed by atoms with Crippen LogP contribution in [0.5, 0.6) is 0 Å². The predicted octanol–water partition coefficient (Wildman–Crippen LogP) is 5.60. The van der Waals surface area contributed by atoms with Crippen molar-refractivity contribution in [2.45, 2.75) is 0 Å². The summed E-state index contributed by atoms with van der Waals surface area (Å²) in [5.41, 5.74) is 9.86. The lowest BCUT2D eigenvalue weighted by atomic mass is 9.94. The Balaban J connectivity index is 1.38. The van der Waals surface area contributed by atoms with Gasteiger partial charge in [-0.2, -0.15) is 5.10 Å². The van der Waals surface area contributed by atoms with Gasteiger partial charge in [-0.1, -0.05) is 12.1 Å². The Morgan fingerprint density at radius 3 is 2.71 bits per heavy atom. The molecule has 0 atom stereocenters. The Hall–Kier alpha value is -4.43. The van der Waals surface area contributed by atoms with Crippen LogP contribution in [0.15, 0.2) is 73.3 Å². The number of fused-ring (bicyclic) bond motifs is 2. The van der Waals surface area contributed by atoms with Crippen molar-refractivity contribution in [3.05, 3.63) is 90.4 Å². The summed E-state index contributed by atoms with van der Waals surface area (Å²) >= 11 is 0. The second-order valence-corrected chi connectivity index (χ2v) is 9.95. The summed E-state index contributed by atoms with van der Waals surface area (Å²) in [6.45, 7) is 2.33. The molecule has 0 radical (unpaired) electrons. The van der Waals surface area contributed by atoms with Crippen LogP contribution in [0.25, 0.3) is 38.7 Å². The van der Waals surface area contributed by atoms with Gasteiger partial charge < -0.3 is 20.5 Å². The van der Waals surface area contributed by atoms with Crippen LogP contribution in [0, 0.1) is 5.82 Å². The minimum Gasteiger partial charge on any atom is -0.384 e. The minimum atomic E-state index is -0.277. The van der Waals surface area contributed by atoms with Crippen molar-refractivity contribution in [2.24, 2.45) is 7.05 Å². The maximum absolute atomic E-state index is 14.6. The number of hydrogen-bond acceptors (Lipinski definition) is 5. The molecule has 3 N–H and O–H groups in total. The summed E-state index contributed by atoms with van der Waals surface area (Å²) in [4.78, 5) is 10.1. The van der Waals surface area contributed by atoms with Crippen LogP contribution in [0.2, 0.25) is 0 Å². The SMILES string of the molecule is CN(C)CCNc1cc(F)cc(-c2cncc3[nH]c(C4=CCNc5ccc(-c6cnn(C)c6)cc54)cc23)c1. The second-order valence-electron chi connectivity index (χ2n) is 9.95. The van der Waals surface area contributed by atoms with Crippen molar-refractivity contribution >= 4 is 27.9 Å². The standard InChI is InChI=1S/C30H30FN7/c1-37(2)9-8-33-23-11-20(10-22(31)13-23)27-16-32-17-30-26(27)14-29(36-30)24-6-7-34-28-5-4-19(12-25(24)28)21-15-35-38(3)18-21/h4-6,10-18,33-34,36H,7-9H2,1-3H3. The molecule has 0 fully saturated rings. The highest BCUT2D eigenvalue weighted by Crippen LogP contribution is 2.38. The van der Waals surface area contributed by atoms with Crippen molar-refractivity contribution in [1.29, 1.82) is 0 Å². The van der Waals surface area contributed by atoms with Crippen molar-refractivity contribution in [1.82, 2.24) is 24.6 Å². The van der Waals surface area contributed by atoms with E-state index in [9.17, 15) is 4.39 Å². The van der Waals surface area contributed by atoms with Gasteiger partial charge >= 0.3 is 0 Å². The fraction of sp³-hybridized carbons (Fsp3) is 0.200. The monoisotopic (exact) mass is 507 g/mol. The number of nitrogens with one attached hydrogen (secondary N) is 3.